The molecule has 3 heteroatoms. The smallest absolute Gasteiger partial charge is 0.0469 e. The molecule has 0 saturated carbocycles. The Balaban J connectivity index is 1.74. The first-order valence-corrected chi connectivity index (χ1v) is 8.49. The molecule has 1 atom stereocenters. The number of hydrogen-bond donors (Lipinski definition) is 1. The van der Waals surface area contributed by atoms with Gasteiger partial charge >= 0.3 is 0 Å². The molecule has 2 aromatic rings. The van der Waals surface area contributed by atoms with Crippen LogP contribution in [0, 0.1) is 0 Å². The molecule has 1 aliphatic rings. The molecule has 1 saturated heterocycles. The van der Waals surface area contributed by atoms with E-state index in [9.17, 15) is 0 Å². The summed E-state index contributed by atoms with van der Waals surface area (Å²) in [4.78, 5) is 4.89. The standard InChI is InChI=1S/C20H27N3/c1-22(2)20(16-23-14-12-21-13-15-23)19-10-8-18(9-11-19)17-6-4-3-5-7-17/h3-11,20-21H,12-16H2,1-2H3. The molecule has 3 rings (SSSR count). The number of benzene rings is 2. The lowest BCUT2D eigenvalue weighted by atomic mass is 10.00. The predicted octanol–water partition coefficient (Wildman–Crippen LogP) is 2.86. The summed E-state index contributed by atoms with van der Waals surface area (Å²) in [6, 6.07) is 20.1. The van der Waals surface area contributed by atoms with Crippen molar-refractivity contribution in [2.24, 2.45) is 0 Å². The third-order valence-electron chi connectivity index (χ3n) is 4.67. The van der Waals surface area contributed by atoms with Gasteiger partial charge in [-0.25, -0.2) is 0 Å². The summed E-state index contributed by atoms with van der Waals surface area (Å²) in [5.74, 6) is 0. The van der Waals surface area contributed by atoms with Crippen LogP contribution in [-0.2, 0) is 0 Å². The second-order valence-electron chi connectivity index (χ2n) is 6.52. The zero-order valence-electron chi connectivity index (χ0n) is 14.2. The van der Waals surface area contributed by atoms with Gasteiger partial charge in [0, 0.05) is 38.8 Å². The Kier molecular flexibility index (Phi) is 5.44. The molecule has 122 valence electrons. The molecular formula is C20H27N3. The lowest BCUT2D eigenvalue weighted by molar-refractivity contribution is 0.168. The van der Waals surface area contributed by atoms with Gasteiger partial charge in [0.25, 0.3) is 0 Å². The van der Waals surface area contributed by atoms with E-state index in [4.69, 9.17) is 0 Å². The molecule has 0 radical (unpaired) electrons. The summed E-state index contributed by atoms with van der Waals surface area (Å²) in [6.07, 6.45) is 0. The maximum absolute atomic E-state index is 3.43. The molecular weight excluding hydrogens is 282 g/mol. The van der Waals surface area contributed by atoms with E-state index >= 15 is 0 Å². The Morgan fingerprint density at radius 3 is 2.13 bits per heavy atom. The van der Waals surface area contributed by atoms with Crippen molar-refractivity contribution in [2.45, 2.75) is 6.04 Å². The van der Waals surface area contributed by atoms with Gasteiger partial charge in [0.2, 0.25) is 0 Å². The highest BCUT2D eigenvalue weighted by molar-refractivity contribution is 5.63. The van der Waals surface area contributed by atoms with E-state index in [1.54, 1.807) is 0 Å². The second-order valence-corrected chi connectivity index (χ2v) is 6.52. The molecule has 0 spiro atoms. The van der Waals surface area contributed by atoms with Crippen LogP contribution < -0.4 is 5.32 Å². The van der Waals surface area contributed by atoms with Crippen molar-refractivity contribution in [3.8, 4) is 11.1 Å². The topological polar surface area (TPSA) is 18.5 Å². The van der Waals surface area contributed by atoms with Crippen molar-refractivity contribution >= 4 is 0 Å². The molecule has 0 amide bonds. The average molecular weight is 309 g/mol. The van der Waals surface area contributed by atoms with E-state index in [0.29, 0.717) is 6.04 Å². The van der Waals surface area contributed by atoms with Crippen LogP contribution in [0.15, 0.2) is 54.6 Å². The Morgan fingerprint density at radius 1 is 0.913 bits per heavy atom. The molecule has 1 N–H and O–H groups in total. The third-order valence-corrected chi connectivity index (χ3v) is 4.67. The van der Waals surface area contributed by atoms with Crippen LogP contribution in [0.3, 0.4) is 0 Å². The molecule has 1 fully saturated rings. The molecule has 2 aromatic carbocycles. The highest BCUT2D eigenvalue weighted by atomic mass is 15.2. The van der Waals surface area contributed by atoms with E-state index in [1.165, 1.54) is 16.7 Å². The quantitative estimate of drug-likeness (QED) is 0.916. The third kappa shape index (κ3) is 4.20. The maximum Gasteiger partial charge on any atom is 0.0469 e. The summed E-state index contributed by atoms with van der Waals surface area (Å²) in [5.41, 5.74) is 3.96. The SMILES string of the molecule is CN(C)C(CN1CCNCC1)c1ccc(-c2ccccc2)cc1. The summed E-state index contributed by atoms with van der Waals surface area (Å²) in [5, 5.41) is 3.43. The Morgan fingerprint density at radius 2 is 1.52 bits per heavy atom. The van der Waals surface area contributed by atoms with Crippen molar-refractivity contribution in [1.29, 1.82) is 0 Å². The molecule has 3 nitrogen and oxygen atoms in total. The molecule has 1 aliphatic heterocycles. The lowest BCUT2D eigenvalue weighted by Crippen LogP contribution is -2.46. The largest absolute Gasteiger partial charge is 0.314 e. The highest BCUT2D eigenvalue weighted by Gasteiger charge is 2.19. The molecule has 1 heterocycles. The normalized spacial score (nSPS) is 17.3. The fraction of sp³-hybridized carbons (Fsp3) is 0.400. The molecule has 0 aromatic heterocycles. The van der Waals surface area contributed by atoms with Crippen molar-refractivity contribution in [3.05, 3.63) is 60.2 Å². The van der Waals surface area contributed by atoms with Crippen molar-refractivity contribution < 1.29 is 0 Å². The zero-order chi connectivity index (χ0) is 16.1. The lowest BCUT2D eigenvalue weighted by Gasteiger charge is -2.34. The molecule has 0 aliphatic carbocycles. The van der Waals surface area contributed by atoms with Gasteiger partial charge in [0.15, 0.2) is 0 Å². The van der Waals surface area contributed by atoms with Crippen LogP contribution in [-0.4, -0.2) is 56.6 Å². The van der Waals surface area contributed by atoms with Gasteiger partial charge in [-0.2, -0.15) is 0 Å². The number of rotatable bonds is 5. The van der Waals surface area contributed by atoms with E-state index in [1.807, 2.05) is 0 Å². The fourth-order valence-corrected chi connectivity index (χ4v) is 3.23. The maximum atomic E-state index is 3.43. The van der Waals surface area contributed by atoms with Crippen LogP contribution in [0.25, 0.3) is 11.1 Å². The van der Waals surface area contributed by atoms with Gasteiger partial charge in [-0.3, -0.25) is 4.90 Å². The van der Waals surface area contributed by atoms with Gasteiger partial charge < -0.3 is 10.2 Å². The van der Waals surface area contributed by atoms with Gasteiger partial charge in [0.05, 0.1) is 0 Å². The monoisotopic (exact) mass is 309 g/mol. The van der Waals surface area contributed by atoms with Crippen LogP contribution >= 0.6 is 0 Å². The van der Waals surface area contributed by atoms with Gasteiger partial charge in [-0.1, -0.05) is 54.6 Å². The minimum absolute atomic E-state index is 0.443. The Bertz CT molecular complexity index is 586. The first-order valence-electron chi connectivity index (χ1n) is 8.49. The van der Waals surface area contributed by atoms with Crippen molar-refractivity contribution in [3.63, 3.8) is 0 Å². The van der Waals surface area contributed by atoms with E-state index < -0.39 is 0 Å². The van der Waals surface area contributed by atoms with E-state index in [2.05, 4.69) is 83.8 Å². The predicted molar refractivity (Wildman–Crippen MR) is 97.6 cm³/mol. The summed E-state index contributed by atoms with van der Waals surface area (Å²) in [6.45, 7) is 5.60. The summed E-state index contributed by atoms with van der Waals surface area (Å²) < 4.78 is 0. The van der Waals surface area contributed by atoms with E-state index in [-0.39, 0.29) is 0 Å². The molecule has 23 heavy (non-hydrogen) atoms. The Labute approximate surface area is 139 Å². The first-order chi connectivity index (χ1) is 11.2. The van der Waals surface area contributed by atoms with Gasteiger partial charge in [0.1, 0.15) is 0 Å². The summed E-state index contributed by atoms with van der Waals surface area (Å²) >= 11 is 0. The zero-order valence-corrected chi connectivity index (χ0v) is 14.2. The summed E-state index contributed by atoms with van der Waals surface area (Å²) in [7, 11) is 4.36. The van der Waals surface area contributed by atoms with Crippen LogP contribution in [0.4, 0.5) is 0 Å². The minimum Gasteiger partial charge on any atom is -0.314 e. The number of nitrogens with zero attached hydrogens (tertiary/aromatic N) is 2. The van der Waals surface area contributed by atoms with Crippen molar-refractivity contribution in [2.75, 3.05) is 46.8 Å². The van der Waals surface area contributed by atoms with E-state index in [0.717, 1.165) is 32.7 Å². The highest BCUT2D eigenvalue weighted by Crippen LogP contribution is 2.24. The van der Waals surface area contributed by atoms with Crippen molar-refractivity contribution in [1.82, 2.24) is 15.1 Å². The Hall–Kier alpha value is -1.68. The number of nitrogens with one attached hydrogen (secondary N) is 1. The van der Waals surface area contributed by atoms with Crippen LogP contribution in [0.5, 0.6) is 0 Å². The molecule has 0 bridgehead atoms. The average Bonchev–Trinajstić information content (AvgIpc) is 2.61. The fourth-order valence-electron chi connectivity index (χ4n) is 3.23. The van der Waals surface area contributed by atoms with Crippen LogP contribution in [0.1, 0.15) is 11.6 Å². The minimum atomic E-state index is 0.443. The van der Waals surface area contributed by atoms with Crippen LogP contribution in [0.2, 0.25) is 0 Å². The first kappa shape index (κ1) is 16.2. The second kappa shape index (κ2) is 7.73. The molecule has 1 unspecified atom stereocenters. The number of likely N-dealkylation sites (N-methyl/N-ethyl adjacent to an activating group) is 1. The van der Waals surface area contributed by atoms with Gasteiger partial charge in [-0.15, -0.1) is 0 Å². The van der Waals surface area contributed by atoms with Gasteiger partial charge in [-0.05, 0) is 30.8 Å². The number of hydrogen-bond acceptors (Lipinski definition) is 3. The number of piperazine rings is 1.